The molecular weight excluding hydrogens is 472 g/mol. The van der Waals surface area contributed by atoms with E-state index >= 15 is 0 Å². The van der Waals surface area contributed by atoms with Gasteiger partial charge < -0.3 is 31.9 Å². The van der Waals surface area contributed by atoms with Gasteiger partial charge in [-0.1, -0.05) is 0 Å². The SMILES string of the molecule is NCCc1cc(O)c(O)cc1[N+](=O)[O-].NCCc1cc(O)c(O)cc1[N+](=O)[O-].O=S(=O)(O)O. The van der Waals surface area contributed by atoms with Crippen LogP contribution in [0.3, 0.4) is 0 Å². The number of hydrogen-bond acceptors (Lipinski definition) is 12. The Labute approximate surface area is 186 Å². The summed E-state index contributed by atoms with van der Waals surface area (Å²) >= 11 is 0. The van der Waals surface area contributed by atoms with E-state index in [0.29, 0.717) is 11.1 Å². The van der Waals surface area contributed by atoms with Gasteiger partial charge in [-0.2, -0.15) is 8.42 Å². The van der Waals surface area contributed by atoms with Crippen LogP contribution in [0.2, 0.25) is 0 Å². The van der Waals surface area contributed by atoms with Gasteiger partial charge in [-0.15, -0.1) is 0 Å². The minimum Gasteiger partial charge on any atom is -0.504 e. The molecule has 33 heavy (non-hydrogen) atoms. The molecule has 0 bridgehead atoms. The maximum absolute atomic E-state index is 10.5. The summed E-state index contributed by atoms with van der Waals surface area (Å²) in [5, 5.41) is 57.4. The third-order valence-electron chi connectivity index (χ3n) is 3.57. The van der Waals surface area contributed by atoms with Crippen LogP contribution in [0.1, 0.15) is 11.1 Å². The Morgan fingerprint density at radius 3 is 1.15 bits per heavy atom. The first-order valence-corrected chi connectivity index (χ1v) is 10.0. The molecule has 0 saturated heterocycles. The first-order chi connectivity index (χ1) is 15.1. The van der Waals surface area contributed by atoms with Crippen LogP contribution in [0.5, 0.6) is 23.0 Å². The Hall–Kier alpha value is -3.77. The molecule has 0 heterocycles. The minimum absolute atomic E-state index is 0.231. The van der Waals surface area contributed by atoms with Gasteiger partial charge >= 0.3 is 10.4 Å². The predicted octanol–water partition coefficient (Wildman–Crippen LogP) is 0.362. The van der Waals surface area contributed by atoms with E-state index < -0.39 is 31.7 Å². The monoisotopic (exact) mass is 494 g/mol. The lowest BCUT2D eigenvalue weighted by atomic mass is 10.1. The summed E-state index contributed by atoms with van der Waals surface area (Å²) < 4.78 is 31.6. The molecular formula is C16H22N4O12S. The molecule has 10 N–H and O–H groups in total. The van der Waals surface area contributed by atoms with Crippen molar-refractivity contribution < 1.29 is 47.8 Å². The Morgan fingerprint density at radius 1 is 0.697 bits per heavy atom. The van der Waals surface area contributed by atoms with Crippen molar-refractivity contribution in [3.05, 3.63) is 55.6 Å². The molecule has 2 aromatic carbocycles. The van der Waals surface area contributed by atoms with Crippen LogP contribution in [-0.2, 0) is 23.2 Å². The average Bonchev–Trinajstić information content (AvgIpc) is 2.66. The van der Waals surface area contributed by atoms with E-state index in [4.69, 9.17) is 49.4 Å². The highest BCUT2D eigenvalue weighted by molar-refractivity contribution is 7.79. The highest BCUT2D eigenvalue weighted by Gasteiger charge is 2.17. The fourth-order valence-corrected chi connectivity index (χ4v) is 2.27. The third kappa shape index (κ3) is 10.9. The van der Waals surface area contributed by atoms with Gasteiger partial charge in [-0.05, 0) is 38.1 Å². The normalized spacial score (nSPS) is 10.3. The van der Waals surface area contributed by atoms with E-state index in [2.05, 4.69) is 0 Å². The van der Waals surface area contributed by atoms with E-state index in [0.717, 1.165) is 24.3 Å². The zero-order valence-corrected chi connectivity index (χ0v) is 17.5. The number of nitro benzene ring substituents is 2. The van der Waals surface area contributed by atoms with Gasteiger partial charge in [0.25, 0.3) is 11.4 Å². The van der Waals surface area contributed by atoms with Gasteiger partial charge in [0.1, 0.15) is 0 Å². The molecule has 0 saturated carbocycles. The van der Waals surface area contributed by atoms with Gasteiger partial charge in [0.15, 0.2) is 23.0 Å². The Kier molecular flexibility index (Phi) is 11.5. The Bertz CT molecular complexity index is 1010. The quantitative estimate of drug-likeness (QED) is 0.116. The van der Waals surface area contributed by atoms with Gasteiger partial charge in [0, 0.05) is 11.1 Å². The molecule has 0 aromatic heterocycles. The summed E-state index contributed by atoms with van der Waals surface area (Å²) in [5.41, 5.74) is 10.7. The third-order valence-corrected chi connectivity index (χ3v) is 3.57. The van der Waals surface area contributed by atoms with Crippen molar-refractivity contribution in [1.82, 2.24) is 0 Å². The standard InChI is InChI=1S/2C8H10N2O4.H2O4S/c2*9-2-1-5-3-7(11)8(12)4-6(5)10(13)14;1-5(2,3)4/h2*3-4,11-12H,1-2,9H2;(H2,1,2,3,4). The summed E-state index contributed by atoms with van der Waals surface area (Å²) in [5.74, 6) is -1.76. The molecule has 2 aromatic rings. The van der Waals surface area contributed by atoms with Crippen LogP contribution in [0.4, 0.5) is 11.4 Å². The number of phenols is 4. The molecule has 0 unspecified atom stereocenters. The fraction of sp³-hybridized carbons (Fsp3) is 0.250. The molecule has 0 aliphatic carbocycles. The number of aromatic hydroxyl groups is 4. The van der Waals surface area contributed by atoms with Crippen LogP contribution >= 0.6 is 0 Å². The predicted molar refractivity (Wildman–Crippen MR) is 113 cm³/mol. The molecule has 0 aliphatic rings. The average molecular weight is 494 g/mol. The molecule has 17 heteroatoms. The second-order valence-electron chi connectivity index (χ2n) is 5.98. The number of rotatable bonds is 6. The summed E-state index contributed by atoms with van der Waals surface area (Å²) in [6.07, 6.45) is 0.564. The van der Waals surface area contributed by atoms with E-state index in [1.807, 2.05) is 0 Å². The number of benzene rings is 2. The number of hydrogen-bond donors (Lipinski definition) is 8. The Balaban J connectivity index is 0.000000517. The summed E-state index contributed by atoms with van der Waals surface area (Å²) in [6, 6.07) is 4.14. The molecule has 184 valence electrons. The molecule has 0 aliphatic heterocycles. The summed E-state index contributed by atoms with van der Waals surface area (Å²) in [7, 11) is -4.67. The number of nitrogens with zero attached hydrogens (tertiary/aromatic N) is 2. The molecule has 0 atom stereocenters. The van der Waals surface area contributed by atoms with Crippen LogP contribution in [0.25, 0.3) is 0 Å². The highest BCUT2D eigenvalue weighted by Crippen LogP contribution is 2.33. The van der Waals surface area contributed by atoms with Crippen molar-refractivity contribution in [3.8, 4) is 23.0 Å². The van der Waals surface area contributed by atoms with Crippen molar-refractivity contribution in [3.63, 3.8) is 0 Å². The van der Waals surface area contributed by atoms with Gasteiger partial charge in [0.05, 0.1) is 22.0 Å². The molecule has 0 amide bonds. The van der Waals surface area contributed by atoms with E-state index in [-0.39, 0.29) is 48.8 Å². The summed E-state index contributed by atoms with van der Waals surface area (Å²) in [4.78, 5) is 19.8. The molecule has 2 rings (SSSR count). The van der Waals surface area contributed by atoms with E-state index in [9.17, 15) is 20.2 Å². The molecule has 16 nitrogen and oxygen atoms in total. The van der Waals surface area contributed by atoms with Crippen LogP contribution in [0.15, 0.2) is 24.3 Å². The smallest absolute Gasteiger partial charge is 0.394 e. The van der Waals surface area contributed by atoms with Gasteiger partial charge in [0.2, 0.25) is 0 Å². The second-order valence-corrected chi connectivity index (χ2v) is 6.87. The zero-order valence-electron chi connectivity index (χ0n) is 16.7. The molecule has 0 radical (unpaired) electrons. The molecule has 0 spiro atoms. The summed E-state index contributed by atoms with van der Waals surface area (Å²) in [6.45, 7) is 0.482. The largest absolute Gasteiger partial charge is 0.504 e. The van der Waals surface area contributed by atoms with Crippen LogP contribution in [0, 0.1) is 20.2 Å². The molecule has 0 fully saturated rings. The lowest BCUT2D eigenvalue weighted by Gasteiger charge is -2.03. The number of nitrogens with two attached hydrogens (primary N) is 2. The minimum atomic E-state index is -4.67. The van der Waals surface area contributed by atoms with Crippen molar-refractivity contribution >= 4 is 21.8 Å². The van der Waals surface area contributed by atoms with Gasteiger partial charge in [-0.25, -0.2) is 0 Å². The highest BCUT2D eigenvalue weighted by atomic mass is 32.3. The first-order valence-electron chi connectivity index (χ1n) is 8.60. The maximum Gasteiger partial charge on any atom is 0.394 e. The van der Waals surface area contributed by atoms with Crippen molar-refractivity contribution in [2.24, 2.45) is 11.5 Å². The van der Waals surface area contributed by atoms with Gasteiger partial charge in [-0.3, -0.25) is 29.3 Å². The number of phenolic OH excluding ortho intramolecular Hbond substituents is 4. The van der Waals surface area contributed by atoms with Crippen LogP contribution in [-0.4, -0.2) is 60.9 Å². The Morgan fingerprint density at radius 2 is 0.939 bits per heavy atom. The topological polar surface area (TPSA) is 294 Å². The first kappa shape index (κ1) is 29.2. The second kappa shape index (κ2) is 12.9. The zero-order chi connectivity index (χ0) is 25.9. The van der Waals surface area contributed by atoms with E-state index in [1.54, 1.807) is 0 Å². The van der Waals surface area contributed by atoms with Crippen LogP contribution < -0.4 is 11.5 Å². The number of nitro groups is 2. The van der Waals surface area contributed by atoms with Crippen molar-refractivity contribution in [2.75, 3.05) is 13.1 Å². The van der Waals surface area contributed by atoms with Crippen molar-refractivity contribution in [2.45, 2.75) is 12.8 Å². The lowest BCUT2D eigenvalue weighted by Crippen LogP contribution is -2.05. The fourth-order valence-electron chi connectivity index (χ4n) is 2.27. The maximum atomic E-state index is 10.5. The van der Waals surface area contributed by atoms with Crippen molar-refractivity contribution in [1.29, 1.82) is 0 Å². The van der Waals surface area contributed by atoms with E-state index in [1.165, 1.54) is 0 Å². The lowest BCUT2D eigenvalue weighted by molar-refractivity contribution is -0.385.